The van der Waals surface area contributed by atoms with Crippen LogP contribution in [-0.2, 0) is 0 Å². The van der Waals surface area contributed by atoms with E-state index in [0.717, 1.165) is 18.8 Å². The largest absolute Gasteiger partial charge is 0.508 e. The van der Waals surface area contributed by atoms with Gasteiger partial charge < -0.3 is 10.0 Å². The van der Waals surface area contributed by atoms with E-state index in [0.29, 0.717) is 11.1 Å². The maximum atomic E-state index is 12.0. The average Bonchev–Trinajstić information content (AvgIpc) is 2.56. The zero-order valence-electron chi connectivity index (χ0n) is 13.4. The van der Waals surface area contributed by atoms with E-state index in [9.17, 15) is 9.90 Å². The molecule has 1 amide bonds. The van der Waals surface area contributed by atoms with Gasteiger partial charge in [0.25, 0.3) is 5.91 Å². The second-order valence-corrected chi connectivity index (χ2v) is 5.01. The van der Waals surface area contributed by atoms with E-state index in [1.54, 1.807) is 36.4 Å². The summed E-state index contributed by atoms with van der Waals surface area (Å²) in [5.74, 6) is -0.111. The first-order valence-corrected chi connectivity index (χ1v) is 7.61. The van der Waals surface area contributed by atoms with Gasteiger partial charge in [0.1, 0.15) is 5.75 Å². The molecule has 5 heteroatoms. The number of phenolic OH excluding ortho intramolecular Hbond substituents is 1. The van der Waals surface area contributed by atoms with Crippen LogP contribution < -0.4 is 10.3 Å². The fourth-order valence-electron chi connectivity index (χ4n) is 2.25. The molecular formula is C18H21N3O2. The van der Waals surface area contributed by atoms with Crippen LogP contribution in [0.1, 0.15) is 29.8 Å². The van der Waals surface area contributed by atoms with Crippen LogP contribution in [0.4, 0.5) is 5.69 Å². The van der Waals surface area contributed by atoms with Gasteiger partial charge in [-0.1, -0.05) is 12.1 Å². The van der Waals surface area contributed by atoms with Crippen molar-refractivity contribution in [1.29, 1.82) is 0 Å². The highest BCUT2D eigenvalue weighted by atomic mass is 16.3. The van der Waals surface area contributed by atoms with Crippen molar-refractivity contribution in [3.05, 3.63) is 59.7 Å². The highest BCUT2D eigenvalue weighted by molar-refractivity contribution is 5.95. The third kappa shape index (κ3) is 4.57. The van der Waals surface area contributed by atoms with Gasteiger partial charge in [0.05, 0.1) is 6.21 Å². The number of carbonyl (C=O) groups excluding carboxylic acids is 1. The lowest BCUT2D eigenvalue weighted by molar-refractivity contribution is 0.0955. The molecule has 0 saturated heterocycles. The summed E-state index contributed by atoms with van der Waals surface area (Å²) in [7, 11) is 0. The predicted molar refractivity (Wildman–Crippen MR) is 93.2 cm³/mol. The van der Waals surface area contributed by atoms with Crippen LogP contribution in [-0.4, -0.2) is 30.3 Å². The third-order valence-corrected chi connectivity index (χ3v) is 3.51. The van der Waals surface area contributed by atoms with Gasteiger partial charge in [-0.15, -0.1) is 0 Å². The monoisotopic (exact) mass is 311 g/mol. The van der Waals surface area contributed by atoms with Crippen LogP contribution in [0.15, 0.2) is 53.6 Å². The Kier molecular flexibility index (Phi) is 5.74. The maximum absolute atomic E-state index is 12.0. The molecular weight excluding hydrogens is 290 g/mol. The van der Waals surface area contributed by atoms with Crippen molar-refractivity contribution < 1.29 is 9.90 Å². The van der Waals surface area contributed by atoms with Crippen LogP contribution in [0, 0.1) is 0 Å². The van der Waals surface area contributed by atoms with E-state index >= 15 is 0 Å². The molecule has 0 atom stereocenters. The molecule has 0 saturated carbocycles. The molecule has 2 aromatic rings. The molecule has 0 aliphatic heterocycles. The lowest BCUT2D eigenvalue weighted by atomic mass is 10.2. The number of nitrogens with zero attached hydrogens (tertiary/aromatic N) is 2. The SMILES string of the molecule is CCN(CC)c1ccc(C(=O)N/N=C\c2cccc(O)c2)cc1. The Morgan fingerprint density at radius 2 is 1.87 bits per heavy atom. The Morgan fingerprint density at radius 1 is 1.17 bits per heavy atom. The van der Waals surface area contributed by atoms with Crippen LogP contribution in [0.2, 0.25) is 0 Å². The number of carbonyl (C=O) groups is 1. The third-order valence-electron chi connectivity index (χ3n) is 3.51. The van der Waals surface area contributed by atoms with Gasteiger partial charge in [-0.3, -0.25) is 4.79 Å². The van der Waals surface area contributed by atoms with Crippen molar-refractivity contribution in [1.82, 2.24) is 5.43 Å². The van der Waals surface area contributed by atoms with Crippen molar-refractivity contribution >= 4 is 17.8 Å². The summed E-state index contributed by atoms with van der Waals surface area (Å²) in [5.41, 5.74) is 4.83. The number of anilines is 1. The highest BCUT2D eigenvalue weighted by Crippen LogP contribution is 2.15. The first kappa shape index (κ1) is 16.5. The summed E-state index contributed by atoms with van der Waals surface area (Å²) < 4.78 is 0. The van der Waals surface area contributed by atoms with E-state index in [1.807, 2.05) is 12.1 Å². The number of rotatable bonds is 6. The molecule has 0 bridgehead atoms. The quantitative estimate of drug-likeness (QED) is 0.636. The van der Waals surface area contributed by atoms with Gasteiger partial charge in [-0.05, 0) is 55.8 Å². The van der Waals surface area contributed by atoms with Crippen molar-refractivity contribution in [2.45, 2.75) is 13.8 Å². The number of hydrogen-bond acceptors (Lipinski definition) is 4. The minimum absolute atomic E-state index is 0.160. The number of hydrazone groups is 1. The molecule has 0 spiro atoms. The van der Waals surface area contributed by atoms with Crippen molar-refractivity contribution in [3.63, 3.8) is 0 Å². The van der Waals surface area contributed by atoms with Crippen molar-refractivity contribution in [2.75, 3.05) is 18.0 Å². The van der Waals surface area contributed by atoms with E-state index in [1.165, 1.54) is 6.21 Å². The molecule has 0 heterocycles. The smallest absolute Gasteiger partial charge is 0.271 e. The number of phenols is 1. The highest BCUT2D eigenvalue weighted by Gasteiger charge is 2.06. The molecule has 120 valence electrons. The molecule has 0 aliphatic carbocycles. The van der Waals surface area contributed by atoms with Gasteiger partial charge in [-0.2, -0.15) is 5.10 Å². The Morgan fingerprint density at radius 3 is 2.48 bits per heavy atom. The fraction of sp³-hybridized carbons (Fsp3) is 0.222. The number of amides is 1. The maximum Gasteiger partial charge on any atom is 0.271 e. The second-order valence-electron chi connectivity index (χ2n) is 5.01. The molecule has 0 aromatic heterocycles. The number of aromatic hydroxyl groups is 1. The minimum Gasteiger partial charge on any atom is -0.508 e. The van der Waals surface area contributed by atoms with Crippen LogP contribution >= 0.6 is 0 Å². The summed E-state index contributed by atoms with van der Waals surface area (Å²) in [6.45, 7) is 6.05. The molecule has 0 fully saturated rings. The Balaban J connectivity index is 1.98. The molecule has 0 aliphatic rings. The molecule has 2 rings (SSSR count). The van der Waals surface area contributed by atoms with E-state index in [-0.39, 0.29) is 11.7 Å². The van der Waals surface area contributed by atoms with Crippen molar-refractivity contribution in [3.8, 4) is 5.75 Å². The molecule has 0 unspecified atom stereocenters. The van der Waals surface area contributed by atoms with E-state index in [2.05, 4.69) is 29.3 Å². The number of benzene rings is 2. The molecule has 5 nitrogen and oxygen atoms in total. The fourth-order valence-corrected chi connectivity index (χ4v) is 2.25. The lowest BCUT2D eigenvalue weighted by Gasteiger charge is -2.20. The standard InChI is InChI=1S/C18H21N3O2/c1-3-21(4-2)16-10-8-15(9-11-16)18(23)20-19-13-14-6-5-7-17(22)12-14/h5-13,22H,3-4H2,1-2H3,(H,20,23)/b19-13-. The zero-order chi connectivity index (χ0) is 16.7. The Labute approximate surface area is 136 Å². The molecule has 2 aromatic carbocycles. The van der Waals surface area contributed by atoms with Gasteiger partial charge >= 0.3 is 0 Å². The summed E-state index contributed by atoms with van der Waals surface area (Å²) >= 11 is 0. The zero-order valence-corrected chi connectivity index (χ0v) is 13.4. The second kappa shape index (κ2) is 7.98. The van der Waals surface area contributed by atoms with Crippen LogP contribution in [0.3, 0.4) is 0 Å². The normalized spacial score (nSPS) is 10.7. The summed E-state index contributed by atoms with van der Waals surface area (Å²) in [6, 6.07) is 14.1. The molecule has 23 heavy (non-hydrogen) atoms. The summed E-state index contributed by atoms with van der Waals surface area (Å²) in [6.07, 6.45) is 1.49. The Hall–Kier alpha value is -2.82. The van der Waals surface area contributed by atoms with Gasteiger partial charge in [0.2, 0.25) is 0 Å². The molecule has 0 radical (unpaired) electrons. The van der Waals surface area contributed by atoms with Gasteiger partial charge in [-0.25, -0.2) is 5.43 Å². The van der Waals surface area contributed by atoms with Crippen LogP contribution in [0.5, 0.6) is 5.75 Å². The van der Waals surface area contributed by atoms with Gasteiger partial charge in [0.15, 0.2) is 0 Å². The first-order valence-electron chi connectivity index (χ1n) is 7.61. The van der Waals surface area contributed by atoms with Crippen molar-refractivity contribution in [2.24, 2.45) is 5.10 Å². The topological polar surface area (TPSA) is 64.9 Å². The number of hydrogen-bond donors (Lipinski definition) is 2. The number of nitrogens with one attached hydrogen (secondary N) is 1. The summed E-state index contributed by atoms with van der Waals surface area (Å²) in [5, 5.41) is 13.3. The molecule has 2 N–H and O–H groups in total. The Bertz CT molecular complexity index is 677. The van der Waals surface area contributed by atoms with E-state index in [4.69, 9.17) is 0 Å². The average molecular weight is 311 g/mol. The summed E-state index contributed by atoms with van der Waals surface area (Å²) in [4.78, 5) is 14.2. The van der Waals surface area contributed by atoms with Gasteiger partial charge in [0, 0.05) is 24.3 Å². The van der Waals surface area contributed by atoms with Crippen LogP contribution in [0.25, 0.3) is 0 Å². The lowest BCUT2D eigenvalue weighted by Crippen LogP contribution is -2.22. The minimum atomic E-state index is -0.271. The van der Waals surface area contributed by atoms with E-state index < -0.39 is 0 Å². The first-order chi connectivity index (χ1) is 11.1. The predicted octanol–water partition coefficient (Wildman–Crippen LogP) is 3.00.